The van der Waals surface area contributed by atoms with Gasteiger partial charge in [0.15, 0.2) is 5.82 Å². The Balaban J connectivity index is 1.85. The molecule has 2 amide bonds. The lowest BCUT2D eigenvalue weighted by Gasteiger charge is -2.06. The highest BCUT2D eigenvalue weighted by atomic mass is 19.1. The molecule has 5 nitrogen and oxygen atoms in total. The van der Waals surface area contributed by atoms with E-state index in [2.05, 4.69) is 20.6 Å². The van der Waals surface area contributed by atoms with Gasteiger partial charge in [0, 0.05) is 18.9 Å². The van der Waals surface area contributed by atoms with E-state index in [0.717, 1.165) is 0 Å². The normalized spacial score (nSPS) is 9.83. The first-order chi connectivity index (χ1) is 8.74. The number of carbonyl (C=O) groups excluding carboxylic acids is 1. The number of aromatic nitrogens is 2. The summed E-state index contributed by atoms with van der Waals surface area (Å²) in [4.78, 5) is 19.2. The van der Waals surface area contributed by atoms with Gasteiger partial charge in [-0.15, -0.1) is 0 Å². The second-order valence-electron chi connectivity index (χ2n) is 3.53. The average molecular weight is 246 g/mol. The fourth-order valence-electron chi connectivity index (χ4n) is 1.35. The molecule has 2 rings (SSSR count). The summed E-state index contributed by atoms with van der Waals surface area (Å²) in [6, 6.07) is 5.62. The van der Waals surface area contributed by atoms with E-state index in [1.165, 1.54) is 30.7 Å². The predicted octanol–water partition coefficient (Wildman–Crippen LogP) is 1.94. The molecule has 0 fully saturated rings. The van der Waals surface area contributed by atoms with Gasteiger partial charge in [0.25, 0.3) is 0 Å². The minimum atomic E-state index is -0.417. The summed E-state index contributed by atoms with van der Waals surface area (Å²) in [5, 5.41) is 5.10. The molecule has 0 saturated carbocycles. The van der Waals surface area contributed by atoms with E-state index < -0.39 is 6.03 Å². The summed E-state index contributed by atoms with van der Waals surface area (Å²) in [6.07, 6.45) is 4.42. The van der Waals surface area contributed by atoms with Crippen LogP contribution in [0.4, 0.5) is 15.0 Å². The van der Waals surface area contributed by atoms with Crippen molar-refractivity contribution in [3.05, 3.63) is 54.2 Å². The molecule has 0 bridgehead atoms. The van der Waals surface area contributed by atoms with Gasteiger partial charge in [0.1, 0.15) is 5.82 Å². The lowest BCUT2D eigenvalue weighted by molar-refractivity contribution is 0.251. The first kappa shape index (κ1) is 12.0. The number of benzene rings is 1. The smallest absolute Gasteiger partial charge is 0.320 e. The van der Waals surface area contributed by atoms with Crippen molar-refractivity contribution in [3.8, 4) is 0 Å². The van der Waals surface area contributed by atoms with Crippen LogP contribution < -0.4 is 10.6 Å². The van der Waals surface area contributed by atoms with Crippen LogP contribution in [0.3, 0.4) is 0 Å². The minimum absolute atomic E-state index is 0.240. The highest BCUT2D eigenvalue weighted by molar-refractivity contribution is 5.87. The number of nitrogens with zero attached hydrogens (tertiary/aromatic N) is 2. The van der Waals surface area contributed by atoms with Crippen molar-refractivity contribution in [1.82, 2.24) is 15.3 Å². The van der Waals surface area contributed by atoms with Crippen LogP contribution in [0.2, 0.25) is 0 Å². The molecule has 1 aromatic heterocycles. The van der Waals surface area contributed by atoms with E-state index in [1.54, 1.807) is 12.1 Å². The van der Waals surface area contributed by atoms with Crippen molar-refractivity contribution < 1.29 is 9.18 Å². The third kappa shape index (κ3) is 3.51. The van der Waals surface area contributed by atoms with Gasteiger partial charge in [-0.1, -0.05) is 12.1 Å². The summed E-state index contributed by atoms with van der Waals surface area (Å²) in [5.74, 6) is 0.0258. The van der Waals surface area contributed by atoms with Crippen LogP contribution in [0.15, 0.2) is 42.9 Å². The van der Waals surface area contributed by atoms with Crippen molar-refractivity contribution in [1.29, 1.82) is 0 Å². The quantitative estimate of drug-likeness (QED) is 0.869. The number of hydrogen-bond acceptors (Lipinski definition) is 3. The minimum Gasteiger partial charge on any atom is -0.334 e. The highest BCUT2D eigenvalue weighted by Crippen LogP contribution is 2.03. The van der Waals surface area contributed by atoms with Crippen molar-refractivity contribution >= 4 is 11.8 Å². The van der Waals surface area contributed by atoms with Gasteiger partial charge in [-0.3, -0.25) is 10.3 Å². The molecule has 0 spiro atoms. The summed E-state index contributed by atoms with van der Waals surface area (Å²) in [7, 11) is 0. The Labute approximate surface area is 103 Å². The Bertz CT molecular complexity index is 533. The van der Waals surface area contributed by atoms with Crippen molar-refractivity contribution in [2.24, 2.45) is 0 Å². The van der Waals surface area contributed by atoms with Gasteiger partial charge in [0.2, 0.25) is 0 Å². The number of anilines is 1. The number of urea groups is 1. The third-order valence-electron chi connectivity index (χ3n) is 2.15. The third-order valence-corrected chi connectivity index (χ3v) is 2.15. The van der Waals surface area contributed by atoms with E-state index in [0.29, 0.717) is 11.4 Å². The molecule has 1 aromatic carbocycles. The molecule has 0 saturated heterocycles. The fraction of sp³-hybridized carbons (Fsp3) is 0.0833. The van der Waals surface area contributed by atoms with Gasteiger partial charge in [0.05, 0.1) is 6.20 Å². The van der Waals surface area contributed by atoms with Gasteiger partial charge in [-0.25, -0.2) is 14.2 Å². The first-order valence-electron chi connectivity index (χ1n) is 5.29. The molecule has 6 heteroatoms. The summed E-state index contributed by atoms with van der Waals surface area (Å²) in [6.45, 7) is 0.240. The number of amides is 2. The largest absolute Gasteiger partial charge is 0.334 e. The topological polar surface area (TPSA) is 66.9 Å². The molecular weight excluding hydrogens is 235 g/mol. The van der Waals surface area contributed by atoms with Crippen molar-refractivity contribution in [2.45, 2.75) is 6.54 Å². The van der Waals surface area contributed by atoms with Crippen LogP contribution in [-0.2, 0) is 6.54 Å². The second-order valence-corrected chi connectivity index (χ2v) is 3.53. The Kier molecular flexibility index (Phi) is 3.80. The van der Waals surface area contributed by atoms with Crippen LogP contribution in [-0.4, -0.2) is 16.0 Å². The maximum absolute atomic E-state index is 12.9. The molecule has 0 unspecified atom stereocenters. The molecular formula is C12H11FN4O. The number of halogens is 1. The highest BCUT2D eigenvalue weighted by Gasteiger charge is 2.02. The Hall–Kier alpha value is -2.50. The molecule has 2 N–H and O–H groups in total. The monoisotopic (exact) mass is 246 g/mol. The zero-order valence-electron chi connectivity index (χ0n) is 9.43. The molecule has 0 radical (unpaired) electrons. The predicted molar refractivity (Wildman–Crippen MR) is 64.3 cm³/mol. The van der Waals surface area contributed by atoms with E-state index in [-0.39, 0.29) is 12.4 Å². The molecule has 18 heavy (non-hydrogen) atoms. The number of nitrogens with one attached hydrogen (secondary N) is 2. The van der Waals surface area contributed by atoms with Crippen LogP contribution in [0, 0.1) is 5.82 Å². The van der Waals surface area contributed by atoms with Crippen molar-refractivity contribution in [3.63, 3.8) is 0 Å². The summed E-state index contributed by atoms with van der Waals surface area (Å²) < 4.78 is 12.9. The Morgan fingerprint density at radius 1 is 1.33 bits per heavy atom. The van der Waals surface area contributed by atoms with Gasteiger partial charge in [-0.2, -0.15) is 0 Å². The maximum Gasteiger partial charge on any atom is 0.320 e. The number of rotatable bonds is 3. The van der Waals surface area contributed by atoms with Gasteiger partial charge in [-0.05, 0) is 17.7 Å². The SMILES string of the molecule is O=C(NCc1cccc(F)c1)Nc1cnccn1. The lowest BCUT2D eigenvalue weighted by Crippen LogP contribution is -2.28. The molecule has 0 atom stereocenters. The van der Waals surface area contributed by atoms with Crippen molar-refractivity contribution in [2.75, 3.05) is 5.32 Å². The first-order valence-corrected chi connectivity index (χ1v) is 5.29. The van der Waals surface area contributed by atoms with Gasteiger partial charge < -0.3 is 5.32 Å². The van der Waals surface area contributed by atoms with E-state index in [1.807, 2.05) is 0 Å². The number of carbonyl (C=O) groups is 1. The Morgan fingerprint density at radius 3 is 2.94 bits per heavy atom. The van der Waals surface area contributed by atoms with E-state index in [9.17, 15) is 9.18 Å². The summed E-state index contributed by atoms with van der Waals surface area (Å²) in [5.41, 5.74) is 0.685. The van der Waals surface area contributed by atoms with E-state index in [4.69, 9.17) is 0 Å². The fourth-order valence-corrected chi connectivity index (χ4v) is 1.35. The number of hydrogen-bond donors (Lipinski definition) is 2. The van der Waals surface area contributed by atoms with E-state index >= 15 is 0 Å². The molecule has 2 aromatic rings. The van der Waals surface area contributed by atoms with Crippen LogP contribution in [0.5, 0.6) is 0 Å². The maximum atomic E-state index is 12.9. The van der Waals surface area contributed by atoms with Crippen LogP contribution in [0.25, 0.3) is 0 Å². The lowest BCUT2D eigenvalue weighted by atomic mass is 10.2. The molecule has 0 aliphatic heterocycles. The standard InChI is InChI=1S/C12H11FN4O/c13-10-3-1-2-9(6-10)7-16-12(18)17-11-8-14-4-5-15-11/h1-6,8H,7H2,(H2,15,16,17,18). The van der Waals surface area contributed by atoms with Crippen LogP contribution >= 0.6 is 0 Å². The average Bonchev–Trinajstić information content (AvgIpc) is 2.38. The zero-order chi connectivity index (χ0) is 12.8. The zero-order valence-corrected chi connectivity index (χ0v) is 9.43. The second kappa shape index (κ2) is 5.72. The van der Waals surface area contributed by atoms with Gasteiger partial charge >= 0.3 is 6.03 Å². The van der Waals surface area contributed by atoms with Crippen LogP contribution in [0.1, 0.15) is 5.56 Å². The molecule has 1 heterocycles. The molecule has 92 valence electrons. The molecule has 0 aliphatic rings. The Morgan fingerprint density at radius 2 is 2.22 bits per heavy atom. The molecule has 0 aliphatic carbocycles. The summed E-state index contributed by atoms with van der Waals surface area (Å²) >= 11 is 0.